The van der Waals surface area contributed by atoms with E-state index in [1.54, 1.807) is 24.3 Å². The molecule has 0 aliphatic carbocycles. The average Bonchev–Trinajstić information content (AvgIpc) is 2.56. The Morgan fingerprint density at radius 1 is 1.33 bits per heavy atom. The number of carbonyl (C=O) groups is 2. The van der Waals surface area contributed by atoms with Crippen LogP contribution in [0.3, 0.4) is 0 Å². The minimum Gasteiger partial charge on any atom is -0.468 e. The van der Waals surface area contributed by atoms with Crippen molar-refractivity contribution in [2.45, 2.75) is 12.1 Å². The van der Waals surface area contributed by atoms with Gasteiger partial charge >= 0.3 is 5.97 Å². The molecule has 4 N–H and O–H groups in total. The number of hydrogen-bond donors (Lipinski definition) is 3. The molecule has 24 heavy (non-hydrogen) atoms. The molecule has 1 aromatic heterocycles. The molecule has 0 fully saturated rings. The molecule has 1 aromatic carbocycles. The maximum atomic E-state index is 12.2. The predicted molar refractivity (Wildman–Crippen MR) is 91.1 cm³/mol. The Morgan fingerprint density at radius 2 is 2.00 bits per heavy atom. The lowest BCUT2D eigenvalue weighted by atomic mass is 10.1. The molecule has 1 heterocycles. The van der Waals surface area contributed by atoms with Crippen LogP contribution in [-0.4, -0.2) is 34.7 Å². The van der Waals surface area contributed by atoms with E-state index < -0.39 is 17.4 Å². The number of ether oxygens (including phenoxy) is 1. The van der Waals surface area contributed by atoms with E-state index in [1.807, 2.05) is 6.92 Å². The van der Waals surface area contributed by atoms with Crippen molar-refractivity contribution in [3.8, 4) is 0 Å². The van der Waals surface area contributed by atoms with Gasteiger partial charge in [0.15, 0.2) is 11.0 Å². The number of nitrogen functional groups attached to an aromatic ring is 1. The van der Waals surface area contributed by atoms with Crippen LogP contribution in [0.2, 0.25) is 0 Å². The van der Waals surface area contributed by atoms with Crippen molar-refractivity contribution in [2.75, 3.05) is 23.9 Å². The van der Waals surface area contributed by atoms with Gasteiger partial charge in [0.1, 0.15) is 5.69 Å². The molecule has 0 radical (unpaired) electrons. The fourth-order valence-corrected chi connectivity index (χ4v) is 2.44. The van der Waals surface area contributed by atoms with Crippen LogP contribution < -0.4 is 16.6 Å². The first kappa shape index (κ1) is 17.5. The summed E-state index contributed by atoms with van der Waals surface area (Å²) in [6.07, 6.45) is 0. The molecule has 9 heteroatoms. The predicted octanol–water partition coefficient (Wildman–Crippen LogP) is 1.18. The molecule has 8 nitrogen and oxygen atoms in total. The number of nitrogens with zero attached hydrogens (tertiary/aromatic N) is 1. The Labute approximate surface area is 141 Å². The summed E-state index contributed by atoms with van der Waals surface area (Å²) >= 11 is 0.973. The van der Waals surface area contributed by atoms with Gasteiger partial charge < -0.3 is 15.8 Å². The molecule has 2 aromatic rings. The summed E-state index contributed by atoms with van der Waals surface area (Å²) in [5.41, 5.74) is 6.40. The lowest BCUT2D eigenvalue weighted by Gasteiger charge is -2.08. The summed E-state index contributed by atoms with van der Waals surface area (Å²) in [6.45, 7) is 1.90. The molecule has 0 saturated heterocycles. The molecular formula is C15H16N4O4S. The average molecular weight is 348 g/mol. The number of H-pyrrole nitrogens is 1. The fraction of sp³-hybridized carbons (Fsp3) is 0.200. The number of methoxy groups -OCH3 is 1. The number of nitrogens with one attached hydrogen (secondary N) is 2. The Bertz CT molecular complexity index is 817. The van der Waals surface area contributed by atoms with Gasteiger partial charge in [0, 0.05) is 5.56 Å². The summed E-state index contributed by atoms with van der Waals surface area (Å²) < 4.78 is 4.50. The number of anilines is 2. The number of hydrogen-bond acceptors (Lipinski definition) is 7. The van der Waals surface area contributed by atoms with Crippen molar-refractivity contribution in [2.24, 2.45) is 0 Å². The van der Waals surface area contributed by atoms with Crippen LogP contribution in [0.5, 0.6) is 0 Å². The van der Waals surface area contributed by atoms with Gasteiger partial charge in [0.25, 0.3) is 11.5 Å². The van der Waals surface area contributed by atoms with E-state index in [9.17, 15) is 14.4 Å². The van der Waals surface area contributed by atoms with Gasteiger partial charge in [-0.1, -0.05) is 29.5 Å². The number of carbonyl (C=O) groups excluding carboxylic acids is 2. The Hall–Kier alpha value is -2.81. The van der Waals surface area contributed by atoms with Crippen molar-refractivity contribution < 1.29 is 14.3 Å². The summed E-state index contributed by atoms with van der Waals surface area (Å²) in [5.74, 6) is -1.08. The number of nitrogens with two attached hydrogens (primary N) is 1. The highest BCUT2D eigenvalue weighted by Gasteiger charge is 2.14. The third-order valence-electron chi connectivity index (χ3n) is 3.03. The molecule has 0 spiro atoms. The number of amides is 1. The number of aryl methyl sites for hydroxylation is 1. The van der Waals surface area contributed by atoms with E-state index in [0.29, 0.717) is 5.56 Å². The van der Waals surface area contributed by atoms with Gasteiger partial charge in [-0.2, -0.15) is 0 Å². The maximum Gasteiger partial charge on any atom is 0.316 e. The van der Waals surface area contributed by atoms with Crippen LogP contribution in [0, 0.1) is 6.92 Å². The van der Waals surface area contributed by atoms with Crippen molar-refractivity contribution in [1.29, 1.82) is 0 Å². The van der Waals surface area contributed by atoms with Gasteiger partial charge in [0.2, 0.25) is 0 Å². The SMILES string of the molecule is COC(=O)CSc1nc(N)c(NC(=O)c2ccc(C)cc2)c(=O)[nH]1. The number of thioether (sulfide) groups is 1. The maximum absolute atomic E-state index is 12.2. The Balaban J connectivity index is 2.16. The monoisotopic (exact) mass is 348 g/mol. The molecule has 2 rings (SSSR count). The van der Waals surface area contributed by atoms with E-state index in [-0.39, 0.29) is 22.4 Å². The molecule has 0 saturated carbocycles. The minimum atomic E-state index is -0.602. The van der Waals surface area contributed by atoms with Crippen LogP contribution in [-0.2, 0) is 9.53 Å². The topological polar surface area (TPSA) is 127 Å². The lowest BCUT2D eigenvalue weighted by Crippen LogP contribution is -2.23. The Morgan fingerprint density at radius 3 is 2.58 bits per heavy atom. The lowest BCUT2D eigenvalue weighted by molar-refractivity contribution is -0.137. The van der Waals surface area contributed by atoms with Gasteiger partial charge in [-0.25, -0.2) is 4.98 Å². The molecule has 126 valence electrons. The number of aromatic amines is 1. The summed E-state index contributed by atoms with van der Waals surface area (Å²) in [7, 11) is 1.26. The number of esters is 1. The largest absolute Gasteiger partial charge is 0.468 e. The van der Waals surface area contributed by atoms with Crippen molar-refractivity contribution in [3.05, 3.63) is 45.7 Å². The second kappa shape index (κ2) is 7.64. The first-order valence-corrected chi connectivity index (χ1v) is 7.86. The van der Waals surface area contributed by atoms with Crippen molar-refractivity contribution in [1.82, 2.24) is 9.97 Å². The highest BCUT2D eigenvalue weighted by atomic mass is 32.2. The second-order valence-corrected chi connectivity index (χ2v) is 5.78. The van der Waals surface area contributed by atoms with Crippen LogP contribution in [0.1, 0.15) is 15.9 Å². The van der Waals surface area contributed by atoms with E-state index in [4.69, 9.17) is 5.73 Å². The quantitative estimate of drug-likeness (QED) is 0.420. The van der Waals surface area contributed by atoms with Crippen LogP contribution in [0.15, 0.2) is 34.2 Å². The van der Waals surface area contributed by atoms with Gasteiger partial charge in [-0.15, -0.1) is 0 Å². The third kappa shape index (κ3) is 4.35. The second-order valence-electron chi connectivity index (χ2n) is 4.82. The molecule has 0 atom stereocenters. The smallest absolute Gasteiger partial charge is 0.316 e. The number of benzene rings is 1. The first-order valence-electron chi connectivity index (χ1n) is 6.88. The summed E-state index contributed by atoms with van der Waals surface area (Å²) in [6, 6.07) is 6.85. The van der Waals surface area contributed by atoms with Crippen LogP contribution >= 0.6 is 11.8 Å². The number of rotatable bonds is 5. The van der Waals surface area contributed by atoms with E-state index in [2.05, 4.69) is 20.0 Å². The standard InChI is InChI=1S/C15H16N4O4S/c1-8-3-5-9(6-4-8)13(21)17-11-12(16)18-15(19-14(11)22)24-7-10(20)23-2/h3-6H,7H2,1-2H3,(H,17,21)(H3,16,18,19,22). The summed E-state index contributed by atoms with van der Waals surface area (Å²) in [4.78, 5) is 41.7. The van der Waals surface area contributed by atoms with E-state index in [0.717, 1.165) is 17.3 Å². The third-order valence-corrected chi connectivity index (χ3v) is 3.88. The van der Waals surface area contributed by atoms with E-state index >= 15 is 0 Å². The van der Waals surface area contributed by atoms with Crippen molar-refractivity contribution in [3.63, 3.8) is 0 Å². The molecular weight excluding hydrogens is 332 g/mol. The molecule has 0 aliphatic heterocycles. The van der Waals surface area contributed by atoms with Crippen LogP contribution in [0.4, 0.5) is 11.5 Å². The highest BCUT2D eigenvalue weighted by molar-refractivity contribution is 7.99. The first-order chi connectivity index (χ1) is 11.4. The highest BCUT2D eigenvalue weighted by Crippen LogP contribution is 2.17. The minimum absolute atomic E-state index is 0.0199. The Kier molecular flexibility index (Phi) is 5.59. The summed E-state index contributed by atoms with van der Waals surface area (Å²) in [5, 5.41) is 2.61. The van der Waals surface area contributed by atoms with Gasteiger partial charge in [-0.05, 0) is 19.1 Å². The number of aromatic nitrogens is 2. The van der Waals surface area contributed by atoms with Gasteiger partial charge in [-0.3, -0.25) is 19.4 Å². The zero-order chi connectivity index (χ0) is 17.7. The zero-order valence-electron chi connectivity index (χ0n) is 13.1. The molecule has 0 unspecified atom stereocenters. The van der Waals surface area contributed by atoms with Gasteiger partial charge in [0.05, 0.1) is 12.9 Å². The zero-order valence-corrected chi connectivity index (χ0v) is 13.9. The normalized spacial score (nSPS) is 10.2. The molecule has 0 aliphatic rings. The van der Waals surface area contributed by atoms with E-state index in [1.165, 1.54) is 7.11 Å². The molecule has 1 amide bonds. The van der Waals surface area contributed by atoms with Crippen LogP contribution in [0.25, 0.3) is 0 Å². The molecule has 0 bridgehead atoms. The fourth-order valence-electron chi connectivity index (χ4n) is 1.74. The van der Waals surface area contributed by atoms with Crippen molar-refractivity contribution >= 4 is 35.1 Å².